The first-order valence-corrected chi connectivity index (χ1v) is 13.0. The van der Waals surface area contributed by atoms with Gasteiger partial charge in [0.2, 0.25) is 0 Å². The summed E-state index contributed by atoms with van der Waals surface area (Å²) in [5.74, 6) is 1.07. The minimum absolute atomic E-state index is 0.0739. The highest BCUT2D eigenvalue weighted by Crippen LogP contribution is 2.28. The van der Waals surface area contributed by atoms with Crippen molar-refractivity contribution in [1.82, 2.24) is 5.43 Å². The van der Waals surface area contributed by atoms with E-state index in [4.69, 9.17) is 14.2 Å². The van der Waals surface area contributed by atoms with Crippen LogP contribution in [0.5, 0.6) is 17.2 Å². The summed E-state index contributed by atoms with van der Waals surface area (Å²) in [6, 6.07) is 18.2. The van der Waals surface area contributed by atoms with Crippen molar-refractivity contribution in [2.75, 3.05) is 32.2 Å². The number of hydrogen-bond donors (Lipinski definition) is 1. The summed E-state index contributed by atoms with van der Waals surface area (Å²) in [6.45, 7) is 3.29. The van der Waals surface area contributed by atoms with E-state index in [0.717, 1.165) is 15.4 Å². The van der Waals surface area contributed by atoms with Crippen LogP contribution < -0.4 is 23.9 Å². The summed E-state index contributed by atoms with van der Waals surface area (Å²) >= 11 is 0. The van der Waals surface area contributed by atoms with Crippen LogP contribution in [0.2, 0.25) is 0 Å². The molecule has 3 aromatic rings. The van der Waals surface area contributed by atoms with E-state index in [1.807, 2.05) is 13.8 Å². The second-order valence-electron chi connectivity index (χ2n) is 8.04. The number of sulfonamides is 1. The normalized spacial score (nSPS) is 11.5. The van der Waals surface area contributed by atoms with Crippen LogP contribution in [0, 0.1) is 6.92 Å². The minimum Gasteiger partial charge on any atom is -0.497 e. The van der Waals surface area contributed by atoms with Gasteiger partial charge >= 0.3 is 0 Å². The Morgan fingerprint density at radius 2 is 1.54 bits per heavy atom. The third-order valence-electron chi connectivity index (χ3n) is 5.62. The zero-order valence-corrected chi connectivity index (χ0v) is 22.3. The fourth-order valence-electron chi connectivity index (χ4n) is 3.56. The highest BCUT2D eigenvalue weighted by atomic mass is 32.2. The van der Waals surface area contributed by atoms with Crippen molar-refractivity contribution in [2.24, 2.45) is 5.10 Å². The zero-order chi connectivity index (χ0) is 27.0. The number of hydrogen-bond acceptors (Lipinski definition) is 7. The molecule has 0 fully saturated rings. The molecule has 0 saturated carbocycles. The predicted octanol–water partition coefficient (Wildman–Crippen LogP) is 4.15. The molecule has 1 amide bonds. The van der Waals surface area contributed by atoms with E-state index in [-0.39, 0.29) is 4.90 Å². The molecule has 3 aromatic carbocycles. The van der Waals surface area contributed by atoms with Gasteiger partial charge in [-0.2, -0.15) is 5.10 Å². The third-order valence-corrected chi connectivity index (χ3v) is 7.41. The van der Waals surface area contributed by atoms with Gasteiger partial charge in [0.15, 0.2) is 11.5 Å². The van der Waals surface area contributed by atoms with Gasteiger partial charge in [-0.05, 0) is 67.9 Å². The summed E-state index contributed by atoms with van der Waals surface area (Å²) in [5.41, 5.74) is 5.06. The molecule has 0 aliphatic rings. The number of carbonyl (C=O) groups excluding carboxylic acids is 1. The number of carbonyl (C=O) groups is 1. The number of nitrogens with one attached hydrogen (secondary N) is 1. The molecule has 0 radical (unpaired) electrons. The highest BCUT2D eigenvalue weighted by Gasteiger charge is 2.27. The van der Waals surface area contributed by atoms with E-state index >= 15 is 0 Å². The summed E-state index contributed by atoms with van der Waals surface area (Å²) < 4.78 is 43.9. The zero-order valence-electron chi connectivity index (χ0n) is 21.5. The van der Waals surface area contributed by atoms with Crippen LogP contribution in [0.15, 0.2) is 76.7 Å². The number of hydrazone groups is 1. The maximum absolute atomic E-state index is 13.5. The Labute approximate surface area is 217 Å². The molecule has 0 atom stereocenters. The number of nitrogens with zero attached hydrogens (tertiary/aromatic N) is 2. The molecule has 9 nitrogen and oxygen atoms in total. The van der Waals surface area contributed by atoms with Crippen LogP contribution in [0.4, 0.5) is 5.69 Å². The quantitative estimate of drug-likeness (QED) is 0.298. The molecule has 3 rings (SSSR count). The van der Waals surface area contributed by atoms with E-state index in [1.54, 1.807) is 61.7 Å². The maximum Gasteiger partial charge on any atom is 0.264 e. The first kappa shape index (κ1) is 27.5. The number of benzene rings is 3. The fraction of sp³-hybridized carbons (Fsp3) is 0.259. The first-order valence-electron chi connectivity index (χ1n) is 11.5. The van der Waals surface area contributed by atoms with Gasteiger partial charge in [0, 0.05) is 5.56 Å². The average molecular weight is 526 g/mol. The molecule has 0 aliphatic heterocycles. The van der Waals surface area contributed by atoms with Crippen molar-refractivity contribution < 1.29 is 27.4 Å². The van der Waals surface area contributed by atoms with Gasteiger partial charge in [0.1, 0.15) is 12.3 Å². The smallest absolute Gasteiger partial charge is 0.264 e. The number of rotatable bonds is 11. The minimum atomic E-state index is -4.05. The number of methoxy groups -OCH3 is 3. The molecule has 0 bridgehead atoms. The first-order chi connectivity index (χ1) is 17.7. The van der Waals surface area contributed by atoms with Crippen molar-refractivity contribution >= 4 is 27.3 Å². The summed E-state index contributed by atoms with van der Waals surface area (Å²) in [5, 5.41) is 4.26. The van der Waals surface area contributed by atoms with Crippen molar-refractivity contribution in [1.29, 1.82) is 0 Å². The number of amides is 1. The lowest BCUT2D eigenvalue weighted by Crippen LogP contribution is -2.39. The van der Waals surface area contributed by atoms with E-state index in [0.29, 0.717) is 35.1 Å². The molecule has 0 aromatic heterocycles. The topological polar surface area (TPSA) is 107 Å². The molecule has 0 aliphatic carbocycles. The summed E-state index contributed by atoms with van der Waals surface area (Å²) in [6.07, 6.45) is 0.514. The molecular weight excluding hydrogens is 494 g/mol. The molecule has 196 valence electrons. The van der Waals surface area contributed by atoms with Gasteiger partial charge in [-0.15, -0.1) is 0 Å². The van der Waals surface area contributed by atoms with Gasteiger partial charge in [0.25, 0.3) is 15.9 Å². The molecule has 1 N–H and O–H groups in total. The van der Waals surface area contributed by atoms with E-state index in [9.17, 15) is 13.2 Å². The van der Waals surface area contributed by atoms with Crippen LogP contribution >= 0.6 is 0 Å². The van der Waals surface area contributed by atoms with Crippen LogP contribution in [0.3, 0.4) is 0 Å². The van der Waals surface area contributed by atoms with Gasteiger partial charge < -0.3 is 14.2 Å². The standard InChI is InChI=1S/C27H31N3O6S/c1-6-24(20-9-16-25(35-4)26(17-20)36-5)28-29-27(31)18-30(21-10-12-22(34-3)13-11-21)37(32,33)23-14-7-19(2)8-15-23/h7-17H,6,18H2,1-5H3,(H,29,31)/b28-24-. The second kappa shape index (κ2) is 12.3. The number of aryl methyl sites for hydroxylation is 1. The molecule has 37 heavy (non-hydrogen) atoms. The summed E-state index contributed by atoms with van der Waals surface area (Å²) in [7, 11) is 0.557. The van der Waals surface area contributed by atoms with Crippen LogP contribution in [0.1, 0.15) is 24.5 Å². The van der Waals surface area contributed by atoms with Crippen LogP contribution in [0.25, 0.3) is 0 Å². The number of anilines is 1. The lowest BCUT2D eigenvalue weighted by atomic mass is 10.1. The van der Waals surface area contributed by atoms with Gasteiger partial charge in [-0.3, -0.25) is 9.10 Å². The monoisotopic (exact) mass is 525 g/mol. The van der Waals surface area contributed by atoms with Crippen molar-refractivity contribution in [3.63, 3.8) is 0 Å². The second-order valence-corrected chi connectivity index (χ2v) is 9.90. The third kappa shape index (κ3) is 6.59. The summed E-state index contributed by atoms with van der Waals surface area (Å²) in [4.78, 5) is 13.0. The average Bonchev–Trinajstić information content (AvgIpc) is 2.92. The van der Waals surface area contributed by atoms with Crippen molar-refractivity contribution in [3.05, 3.63) is 77.9 Å². The molecule has 10 heteroatoms. The van der Waals surface area contributed by atoms with Crippen molar-refractivity contribution in [3.8, 4) is 17.2 Å². The van der Waals surface area contributed by atoms with E-state index in [1.165, 1.54) is 26.4 Å². The van der Waals surface area contributed by atoms with E-state index < -0.39 is 22.5 Å². The Balaban J connectivity index is 1.89. The lowest BCUT2D eigenvalue weighted by Gasteiger charge is -2.24. The van der Waals surface area contributed by atoms with Crippen LogP contribution in [-0.4, -0.2) is 47.9 Å². The largest absolute Gasteiger partial charge is 0.497 e. The van der Waals surface area contributed by atoms with Crippen LogP contribution in [-0.2, 0) is 14.8 Å². The Morgan fingerprint density at radius 1 is 0.892 bits per heavy atom. The lowest BCUT2D eigenvalue weighted by molar-refractivity contribution is -0.119. The molecule has 0 spiro atoms. The molecule has 0 heterocycles. The molecule has 0 unspecified atom stereocenters. The Hall–Kier alpha value is -4.05. The Kier molecular flexibility index (Phi) is 9.13. The van der Waals surface area contributed by atoms with Gasteiger partial charge in [-0.1, -0.05) is 24.6 Å². The number of ether oxygens (including phenoxy) is 3. The highest BCUT2D eigenvalue weighted by molar-refractivity contribution is 7.92. The Morgan fingerprint density at radius 3 is 2.11 bits per heavy atom. The molecular formula is C27H31N3O6S. The Bertz CT molecular complexity index is 1350. The van der Waals surface area contributed by atoms with Gasteiger partial charge in [0.05, 0.1) is 37.6 Å². The maximum atomic E-state index is 13.5. The van der Waals surface area contributed by atoms with E-state index in [2.05, 4.69) is 10.5 Å². The van der Waals surface area contributed by atoms with Gasteiger partial charge in [-0.25, -0.2) is 13.8 Å². The SMILES string of the molecule is CC/C(=N/NC(=O)CN(c1ccc(OC)cc1)S(=O)(=O)c1ccc(C)cc1)c1ccc(OC)c(OC)c1. The molecule has 0 saturated heterocycles. The predicted molar refractivity (Wildman–Crippen MR) is 143 cm³/mol. The fourth-order valence-corrected chi connectivity index (χ4v) is 4.98. The van der Waals surface area contributed by atoms with Crippen molar-refractivity contribution in [2.45, 2.75) is 25.2 Å².